The first kappa shape index (κ1) is 25.0. The lowest BCUT2D eigenvalue weighted by Crippen LogP contribution is -2.48. The summed E-state index contributed by atoms with van der Waals surface area (Å²) in [7, 11) is 0. The van der Waals surface area contributed by atoms with E-state index in [1.54, 1.807) is 4.90 Å². The van der Waals surface area contributed by atoms with Crippen molar-refractivity contribution in [2.24, 2.45) is 10.7 Å². The van der Waals surface area contributed by atoms with E-state index < -0.39 is 0 Å². The Balaban J connectivity index is 0.00000341. The summed E-state index contributed by atoms with van der Waals surface area (Å²) < 4.78 is 6.97. The summed E-state index contributed by atoms with van der Waals surface area (Å²) in [5.74, 6) is 0.473. The van der Waals surface area contributed by atoms with Gasteiger partial charge in [0.1, 0.15) is 0 Å². The van der Waals surface area contributed by atoms with Crippen LogP contribution in [0.4, 0.5) is 4.79 Å². The highest BCUT2D eigenvalue weighted by atomic mass is 127. The van der Waals surface area contributed by atoms with Crippen LogP contribution >= 0.6 is 24.0 Å². The number of nitrogens with two attached hydrogens (primary N) is 1. The molecule has 0 saturated carbocycles. The van der Waals surface area contributed by atoms with Gasteiger partial charge in [-0.05, 0) is 57.2 Å². The first-order valence-electron chi connectivity index (χ1n) is 10.7. The molecule has 0 bridgehead atoms. The van der Waals surface area contributed by atoms with E-state index in [4.69, 9.17) is 10.5 Å². The zero-order chi connectivity index (χ0) is 21.3. The molecule has 1 aromatic heterocycles. The van der Waals surface area contributed by atoms with Gasteiger partial charge in [-0.2, -0.15) is 5.10 Å². The van der Waals surface area contributed by atoms with Crippen molar-refractivity contribution in [1.29, 1.82) is 0 Å². The van der Waals surface area contributed by atoms with Crippen molar-refractivity contribution in [3.8, 4) is 5.69 Å². The smallest absolute Gasteiger partial charge is 0.409 e. The molecular formula is C22H33IN6O2. The van der Waals surface area contributed by atoms with Crippen molar-refractivity contribution in [3.63, 3.8) is 0 Å². The molecule has 3 N–H and O–H groups in total. The number of benzene rings is 1. The molecule has 1 aromatic carbocycles. The summed E-state index contributed by atoms with van der Waals surface area (Å²) in [4.78, 5) is 18.0. The highest BCUT2D eigenvalue weighted by Gasteiger charge is 2.23. The summed E-state index contributed by atoms with van der Waals surface area (Å²) >= 11 is 0. The van der Waals surface area contributed by atoms with Crippen LogP contribution in [0.5, 0.6) is 0 Å². The fourth-order valence-corrected chi connectivity index (χ4v) is 3.60. The van der Waals surface area contributed by atoms with Crippen molar-refractivity contribution < 1.29 is 9.53 Å². The second-order valence-corrected chi connectivity index (χ2v) is 7.49. The first-order valence-corrected chi connectivity index (χ1v) is 10.7. The number of carbonyl (C=O) groups is 1. The van der Waals surface area contributed by atoms with Gasteiger partial charge in [0.05, 0.1) is 18.0 Å². The maximum atomic E-state index is 11.8. The van der Waals surface area contributed by atoms with Gasteiger partial charge >= 0.3 is 6.09 Å². The Hall–Kier alpha value is -2.30. The van der Waals surface area contributed by atoms with Crippen LogP contribution in [0.3, 0.4) is 0 Å². The van der Waals surface area contributed by atoms with E-state index in [9.17, 15) is 4.79 Å². The molecule has 0 atom stereocenters. The Kier molecular flexibility index (Phi) is 10.1. The summed E-state index contributed by atoms with van der Waals surface area (Å²) in [6.07, 6.45) is 5.36. The molecule has 8 nitrogen and oxygen atoms in total. The minimum atomic E-state index is -0.233. The number of hydrogen-bond donors (Lipinski definition) is 2. The van der Waals surface area contributed by atoms with E-state index in [1.165, 1.54) is 5.56 Å². The van der Waals surface area contributed by atoms with Crippen molar-refractivity contribution in [3.05, 3.63) is 47.8 Å². The lowest BCUT2D eigenvalue weighted by atomic mass is 10.1. The second kappa shape index (κ2) is 12.5. The normalized spacial score (nSPS) is 14.8. The predicted octanol–water partition coefficient (Wildman–Crippen LogP) is 3.26. The molecule has 1 saturated heterocycles. The number of ether oxygens (including phenoxy) is 1. The van der Waals surface area contributed by atoms with Gasteiger partial charge in [0.15, 0.2) is 5.96 Å². The topological polar surface area (TPSA) is 97.8 Å². The quantitative estimate of drug-likeness (QED) is 0.243. The molecule has 31 heavy (non-hydrogen) atoms. The molecule has 1 aliphatic rings. The minimum Gasteiger partial charge on any atom is -0.450 e. The van der Waals surface area contributed by atoms with Gasteiger partial charge in [0.2, 0.25) is 0 Å². The zero-order valence-electron chi connectivity index (χ0n) is 18.3. The van der Waals surface area contributed by atoms with Gasteiger partial charge in [-0.1, -0.05) is 18.2 Å². The number of nitrogens with one attached hydrogen (secondary N) is 1. The number of aryl methyl sites for hydroxylation is 2. The van der Waals surface area contributed by atoms with Crippen LogP contribution in [0.2, 0.25) is 0 Å². The van der Waals surface area contributed by atoms with Crippen LogP contribution in [0.15, 0.2) is 41.5 Å². The average Bonchev–Trinajstić information content (AvgIpc) is 3.13. The first-order chi connectivity index (χ1) is 14.6. The van der Waals surface area contributed by atoms with Crippen LogP contribution < -0.4 is 11.1 Å². The number of para-hydroxylation sites is 1. The van der Waals surface area contributed by atoms with Crippen LogP contribution in [-0.2, 0) is 11.2 Å². The molecule has 0 unspecified atom stereocenters. The molecule has 2 aromatic rings. The fraction of sp³-hybridized carbons (Fsp3) is 0.500. The SMILES string of the molecule is CCOC(=O)N1CCC(NC(N)=NCCCc2cn(-c3ccccc3)nc2C)CC1.I. The molecule has 0 radical (unpaired) electrons. The largest absolute Gasteiger partial charge is 0.450 e. The fourth-order valence-electron chi connectivity index (χ4n) is 3.60. The zero-order valence-corrected chi connectivity index (χ0v) is 20.6. The van der Waals surface area contributed by atoms with E-state index >= 15 is 0 Å². The van der Waals surface area contributed by atoms with Gasteiger partial charge in [-0.25, -0.2) is 9.48 Å². The van der Waals surface area contributed by atoms with Gasteiger partial charge < -0.3 is 20.7 Å². The van der Waals surface area contributed by atoms with Gasteiger partial charge in [-0.15, -0.1) is 24.0 Å². The molecule has 9 heteroatoms. The second-order valence-electron chi connectivity index (χ2n) is 7.49. The number of aromatic nitrogens is 2. The van der Waals surface area contributed by atoms with E-state index in [-0.39, 0.29) is 36.1 Å². The highest BCUT2D eigenvalue weighted by molar-refractivity contribution is 14.0. The molecule has 1 amide bonds. The van der Waals surface area contributed by atoms with E-state index in [0.717, 1.165) is 37.1 Å². The predicted molar refractivity (Wildman–Crippen MR) is 133 cm³/mol. The third-order valence-corrected chi connectivity index (χ3v) is 5.28. The van der Waals surface area contributed by atoms with Crippen molar-refractivity contribution in [2.45, 2.75) is 45.6 Å². The Bertz CT molecular complexity index is 847. The van der Waals surface area contributed by atoms with Crippen LogP contribution in [0.25, 0.3) is 5.69 Å². The van der Waals surface area contributed by atoms with Crippen LogP contribution in [-0.4, -0.2) is 59.0 Å². The van der Waals surface area contributed by atoms with E-state index in [0.29, 0.717) is 32.2 Å². The minimum absolute atomic E-state index is 0. The van der Waals surface area contributed by atoms with E-state index in [1.807, 2.05) is 48.9 Å². The number of piperidine rings is 1. The molecule has 3 rings (SSSR count). The van der Waals surface area contributed by atoms with Crippen molar-refractivity contribution >= 4 is 36.0 Å². The number of rotatable bonds is 7. The Morgan fingerprint density at radius 2 is 2.00 bits per heavy atom. The number of carbonyl (C=O) groups excluding carboxylic acids is 1. The third-order valence-electron chi connectivity index (χ3n) is 5.28. The van der Waals surface area contributed by atoms with Crippen molar-refractivity contribution in [2.75, 3.05) is 26.2 Å². The maximum absolute atomic E-state index is 11.8. The number of nitrogens with zero attached hydrogens (tertiary/aromatic N) is 4. The number of amides is 1. The molecule has 2 heterocycles. The maximum Gasteiger partial charge on any atom is 0.409 e. The van der Waals surface area contributed by atoms with Gasteiger partial charge in [-0.3, -0.25) is 4.99 Å². The number of halogens is 1. The third kappa shape index (κ3) is 7.41. The number of likely N-dealkylation sites (tertiary alicyclic amines) is 1. The lowest BCUT2D eigenvalue weighted by molar-refractivity contribution is 0.0963. The number of hydrogen-bond acceptors (Lipinski definition) is 4. The Labute approximate surface area is 201 Å². The summed E-state index contributed by atoms with van der Waals surface area (Å²) in [6.45, 7) is 6.28. The van der Waals surface area contributed by atoms with Crippen LogP contribution in [0, 0.1) is 6.92 Å². The molecule has 170 valence electrons. The molecular weight excluding hydrogens is 507 g/mol. The lowest BCUT2D eigenvalue weighted by Gasteiger charge is -2.31. The monoisotopic (exact) mass is 540 g/mol. The molecule has 0 spiro atoms. The average molecular weight is 540 g/mol. The highest BCUT2D eigenvalue weighted by Crippen LogP contribution is 2.14. The summed E-state index contributed by atoms with van der Waals surface area (Å²) in [6, 6.07) is 10.4. The van der Waals surface area contributed by atoms with E-state index in [2.05, 4.69) is 21.6 Å². The van der Waals surface area contributed by atoms with Gasteiger partial charge in [0.25, 0.3) is 0 Å². The number of guanidine groups is 1. The van der Waals surface area contributed by atoms with Crippen molar-refractivity contribution in [1.82, 2.24) is 20.0 Å². The standard InChI is InChI=1S/C22H32N6O2.HI/c1-3-30-22(29)27-14-11-19(12-15-27)25-21(23)24-13-7-8-18-16-28(26-17(18)2)20-9-5-4-6-10-20;/h4-6,9-10,16,19H,3,7-8,11-15H2,1-2H3,(H3,23,24,25);1H. The Morgan fingerprint density at radius 3 is 2.68 bits per heavy atom. The molecule has 0 aliphatic carbocycles. The Morgan fingerprint density at radius 1 is 1.29 bits per heavy atom. The van der Waals surface area contributed by atoms with Crippen LogP contribution in [0.1, 0.15) is 37.4 Å². The molecule has 1 aliphatic heterocycles. The summed E-state index contributed by atoms with van der Waals surface area (Å²) in [5.41, 5.74) is 9.39. The number of aliphatic imine (C=N–C) groups is 1. The van der Waals surface area contributed by atoms with Gasteiger partial charge in [0, 0.05) is 31.9 Å². The molecule has 1 fully saturated rings. The summed E-state index contributed by atoms with van der Waals surface area (Å²) in [5, 5.41) is 7.89.